The molecule has 1 N–H and O–H groups in total. The largest absolute Gasteiger partial charge is 0.380 e. The van der Waals surface area contributed by atoms with E-state index in [4.69, 9.17) is 23.2 Å². The third kappa shape index (κ3) is 4.74. The molecule has 0 aliphatic rings. The molecule has 0 saturated carbocycles. The van der Waals surface area contributed by atoms with Crippen molar-refractivity contribution >= 4 is 38.7 Å². The summed E-state index contributed by atoms with van der Waals surface area (Å²) in [6.45, 7) is 3.43. The number of rotatable bonds is 5. The van der Waals surface area contributed by atoms with Crippen LogP contribution >= 0.6 is 23.2 Å². The number of anilines is 1. The lowest BCUT2D eigenvalue weighted by molar-refractivity contribution is 0.593. The first-order valence-corrected chi connectivity index (χ1v) is 7.84. The van der Waals surface area contributed by atoms with E-state index in [0.717, 1.165) is 0 Å². The molecule has 3 nitrogen and oxygen atoms in total. The van der Waals surface area contributed by atoms with Crippen LogP contribution in [0.3, 0.4) is 0 Å². The molecule has 1 rings (SSSR count). The first-order valence-electron chi connectivity index (χ1n) is 5.26. The Kier molecular flexibility index (Phi) is 5.10. The van der Waals surface area contributed by atoms with E-state index in [2.05, 4.69) is 5.32 Å². The molecule has 0 saturated heterocycles. The first-order chi connectivity index (χ1) is 7.84. The van der Waals surface area contributed by atoms with Gasteiger partial charge in [-0.15, -0.1) is 0 Å². The molecule has 0 radical (unpaired) electrons. The van der Waals surface area contributed by atoms with E-state index in [1.54, 1.807) is 32.0 Å². The van der Waals surface area contributed by atoms with Gasteiger partial charge in [-0.05, 0) is 25.1 Å². The molecule has 0 aliphatic heterocycles. The summed E-state index contributed by atoms with van der Waals surface area (Å²) in [5.41, 5.74) is 0.651. The van der Waals surface area contributed by atoms with Gasteiger partial charge in [0.15, 0.2) is 9.84 Å². The van der Waals surface area contributed by atoms with E-state index in [-0.39, 0.29) is 17.5 Å². The molecule has 0 aliphatic carbocycles. The van der Waals surface area contributed by atoms with Crippen LogP contribution in [0.15, 0.2) is 18.2 Å². The molecule has 1 aromatic carbocycles. The average Bonchev–Trinajstić information content (AvgIpc) is 2.23. The zero-order chi connectivity index (χ0) is 13.1. The monoisotopic (exact) mass is 295 g/mol. The van der Waals surface area contributed by atoms with Crippen LogP contribution < -0.4 is 5.32 Å². The predicted octanol–water partition coefficient (Wildman–Crippen LogP) is 3.23. The highest BCUT2D eigenvalue weighted by Gasteiger charge is 2.14. The van der Waals surface area contributed by atoms with E-state index in [1.165, 1.54) is 0 Å². The summed E-state index contributed by atoms with van der Waals surface area (Å²) in [6, 6.07) is 4.82. The highest BCUT2D eigenvalue weighted by atomic mass is 35.5. The van der Waals surface area contributed by atoms with Gasteiger partial charge in [0, 0.05) is 16.8 Å². The fraction of sp³-hybridized carbons (Fsp3) is 0.455. The van der Waals surface area contributed by atoms with Gasteiger partial charge in [-0.3, -0.25) is 0 Å². The molecule has 0 fully saturated rings. The van der Waals surface area contributed by atoms with Crippen molar-refractivity contribution in [1.82, 2.24) is 0 Å². The van der Waals surface area contributed by atoms with Gasteiger partial charge in [0.1, 0.15) is 0 Å². The maximum atomic E-state index is 11.5. The summed E-state index contributed by atoms with van der Waals surface area (Å²) in [6.07, 6.45) is 0. The van der Waals surface area contributed by atoms with Gasteiger partial charge in [0.25, 0.3) is 0 Å². The Bertz CT molecular complexity index is 488. The molecular weight excluding hydrogens is 281 g/mol. The number of benzene rings is 1. The molecule has 17 heavy (non-hydrogen) atoms. The molecular formula is C11H15Cl2NO2S. The Morgan fingerprint density at radius 1 is 1.35 bits per heavy atom. The highest BCUT2D eigenvalue weighted by Crippen LogP contribution is 2.26. The molecule has 0 heterocycles. The molecule has 0 spiro atoms. The van der Waals surface area contributed by atoms with Gasteiger partial charge < -0.3 is 5.32 Å². The summed E-state index contributed by atoms with van der Waals surface area (Å²) in [7, 11) is -3.00. The molecule has 96 valence electrons. The minimum atomic E-state index is -3.00. The Labute approximate surface area is 112 Å². The summed E-state index contributed by atoms with van der Waals surface area (Å²) >= 11 is 11.8. The fourth-order valence-electron chi connectivity index (χ4n) is 1.41. The Balaban J connectivity index is 2.74. The highest BCUT2D eigenvalue weighted by molar-refractivity contribution is 7.91. The van der Waals surface area contributed by atoms with E-state index < -0.39 is 9.84 Å². The van der Waals surface area contributed by atoms with Gasteiger partial charge in [-0.25, -0.2) is 8.42 Å². The Morgan fingerprint density at radius 3 is 2.59 bits per heavy atom. The SMILES string of the molecule is CCS(=O)(=O)CC(C)Nc1cc(Cl)ccc1Cl. The zero-order valence-corrected chi connectivity index (χ0v) is 12.0. The smallest absolute Gasteiger partial charge is 0.152 e. The van der Waals surface area contributed by atoms with E-state index in [9.17, 15) is 8.42 Å². The lowest BCUT2D eigenvalue weighted by atomic mass is 10.3. The third-order valence-corrected chi connectivity index (χ3v) is 4.73. The van der Waals surface area contributed by atoms with Gasteiger partial charge in [0.2, 0.25) is 0 Å². The molecule has 1 atom stereocenters. The fourth-order valence-corrected chi connectivity index (χ4v) is 2.84. The summed E-state index contributed by atoms with van der Waals surface area (Å²) in [4.78, 5) is 0. The van der Waals surface area contributed by atoms with Crippen LogP contribution in [0.4, 0.5) is 5.69 Å². The summed E-state index contributed by atoms with van der Waals surface area (Å²) in [5, 5.41) is 4.13. The molecule has 0 amide bonds. The van der Waals surface area contributed by atoms with Crippen LogP contribution in [0.5, 0.6) is 0 Å². The topological polar surface area (TPSA) is 46.2 Å². The van der Waals surface area contributed by atoms with E-state index in [0.29, 0.717) is 15.7 Å². The van der Waals surface area contributed by atoms with Crippen LogP contribution in [0, 0.1) is 0 Å². The van der Waals surface area contributed by atoms with Crippen molar-refractivity contribution in [2.24, 2.45) is 0 Å². The maximum Gasteiger partial charge on any atom is 0.152 e. The number of hydrogen-bond acceptors (Lipinski definition) is 3. The molecule has 1 aromatic rings. The number of halogens is 2. The second kappa shape index (κ2) is 5.94. The van der Waals surface area contributed by atoms with Crippen LogP contribution in [-0.2, 0) is 9.84 Å². The average molecular weight is 296 g/mol. The quantitative estimate of drug-likeness (QED) is 0.907. The standard InChI is InChI=1S/C11H15Cl2NO2S/c1-3-17(15,16)7-8(2)14-11-6-9(12)4-5-10(11)13/h4-6,8,14H,3,7H2,1-2H3. The summed E-state index contributed by atoms with van der Waals surface area (Å²) in [5.74, 6) is 0.217. The minimum absolute atomic E-state index is 0.0757. The number of sulfone groups is 1. The molecule has 0 bridgehead atoms. The van der Waals surface area contributed by atoms with Crippen molar-refractivity contribution in [3.63, 3.8) is 0 Å². The van der Waals surface area contributed by atoms with Crippen molar-refractivity contribution in [2.75, 3.05) is 16.8 Å². The van der Waals surface area contributed by atoms with Crippen LogP contribution in [0.2, 0.25) is 10.0 Å². The van der Waals surface area contributed by atoms with Crippen molar-refractivity contribution in [3.8, 4) is 0 Å². The number of nitrogens with one attached hydrogen (secondary N) is 1. The third-order valence-electron chi connectivity index (χ3n) is 2.27. The minimum Gasteiger partial charge on any atom is -0.380 e. The normalized spacial score (nSPS) is 13.4. The molecule has 1 unspecified atom stereocenters. The van der Waals surface area contributed by atoms with E-state index >= 15 is 0 Å². The second-order valence-corrected chi connectivity index (χ2v) is 7.11. The van der Waals surface area contributed by atoms with Crippen LogP contribution in [0.1, 0.15) is 13.8 Å². The van der Waals surface area contributed by atoms with Gasteiger partial charge in [-0.2, -0.15) is 0 Å². The van der Waals surface area contributed by atoms with Crippen molar-refractivity contribution in [3.05, 3.63) is 28.2 Å². The zero-order valence-electron chi connectivity index (χ0n) is 9.70. The molecule has 0 aromatic heterocycles. The second-order valence-electron chi connectivity index (χ2n) is 3.87. The van der Waals surface area contributed by atoms with Crippen LogP contribution in [-0.4, -0.2) is 26.0 Å². The van der Waals surface area contributed by atoms with Crippen LogP contribution in [0.25, 0.3) is 0 Å². The van der Waals surface area contributed by atoms with Crippen molar-refractivity contribution in [1.29, 1.82) is 0 Å². The Hall–Kier alpha value is -0.450. The lowest BCUT2D eigenvalue weighted by Crippen LogP contribution is -2.26. The van der Waals surface area contributed by atoms with E-state index in [1.807, 2.05) is 0 Å². The lowest BCUT2D eigenvalue weighted by Gasteiger charge is -2.16. The maximum absolute atomic E-state index is 11.5. The van der Waals surface area contributed by atoms with Gasteiger partial charge in [-0.1, -0.05) is 30.1 Å². The Morgan fingerprint density at radius 2 is 2.00 bits per heavy atom. The van der Waals surface area contributed by atoms with Crippen molar-refractivity contribution < 1.29 is 8.42 Å². The molecule has 6 heteroatoms. The predicted molar refractivity (Wildman–Crippen MR) is 73.9 cm³/mol. The number of hydrogen-bond donors (Lipinski definition) is 1. The summed E-state index contributed by atoms with van der Waals surface area (Å²) < 4.78 is 22.9. The first kappa shape index (κ1) is 14.6. The van der Waals surface area contributed by atoms with Gasteiger partial charge in [0.05, 0.1) is 16.5 Å². The van der Waals surface area contributed by atoms with Gasteiger partial charge >= 0.3 is 0 Å². The van der Waals surface area contributed by atoms with Crippen molar-refractivity contribution in [2.45, 2.75) is 19.9 Å².